The van der Waals surface area contributed by atoms with Crippen LogP contribution in [-0.4, -0.2) is 31.2 Å². The Morgan fingerprint density at radius 3 is 2.57 bits per heavy atom. The molecular weight excluding hydrogens is 393 g/mol. The van der Waals surface area contributed by atoms with Gasteiger partial charge in [0.15, 0.2) is 0 Å². The molecule has 158 valence electrons. The number of hydrogen-bond donors (Lipinski definition) is 2. The molecule has 0 atom stereocenters. The second kappa shape index (κ2) is 8.52. The van der Waals surface area contributed by atoms with Gasteiger partial charge in [-0.3, -0.25) is 4.79 Å². The molecule has 7 heteroatoms. The van der Waals surface area contributed by atoms with E-state index in [4.69, 9.17) is 4.74 Å². The highest BCUT2D eigenvalue weighted by Crippen LogP contribution is 2.48. The molecule has 1 fully saturated rings. The van der Waals surface area contributed by atoms with Gasteiger partial charge in [0.25, 0.3) is 0 Å². The average molecular weight is 416 g/mol. The van der Waals surface area contributed by atoms with E-state index in [0.717, 1.165) is 30.0 Å². The van der Waals surface area contributed by atoms with E-state index in [1.54, 1.807) is 19.2 Å². The first-order valence-electron chi connectivity index (χ1n) is 9.98. The molecular formula is C23H23F3N2O2. The first-order chi connectivity index (χ1) is 14.5. The van der Waals surface area contributed by atoms with Crippen LogP contribution in [0.2, 0.25) is 0 Å². The van der Waals surface area contributed by atoms with Crippen molar-refractivity contribution in [1.82, 2.24) is 10.3 Å². The van der Waals surface area contributed by atoms with Crippen LogP contribution in [0.4, 0.5) is 13.2 Å². The van der Waals surface area contributed by atoms with Crippen molar-refractivity contribution in [2.45, 2.75) is 25.2 Å². The van der Waals surface area contributed by atoms with Gasteiger partial charge in [-0.25, -0.2) is 13.2 Å². The Bertz CT molecular complexity index is 1060. The minimum Gasteiger partial charge on any atom is -0.384 e. The fourth-order valence-corrected chi connectivity index (χ4v) is 4.19. The molecule has 3 aromatic rings. The van der Waals surface area contributed by atoms with Gasteiger partial charge in [0.1, 0.15) is 17.5 Å². The third kappa shape index (κ3) is 4.07. The Morgan fingerprint density at radius 1 is 1.13 bits per heavy atom. The molecule has 0 radical (unpaired) electrons. The largest absolute Gasteiger partial charge is 0.384 e. The second-order valence-corrected chi connectivity index (χ2v) is 7.81. The maximum absolute atomic E-state index is 14.4. The molecule has 0 saturated heterocycles. The maximum Gasteiger partial charge on any atom is 0.222 e. The highest BCUT2D eigenvalue weighted by atomic mass is 19.1. The number of aromatic amines is 1. The summed E-state index contributed by atoms with van der Waals surface area (Å²) in [5.41, 5.74) is 2.50. The van der Waals surface area contributed by atoms with Crippen LogP contribution in [-0.2, 0) is 9.53 Å². The average Bonchev–Trinajstić information content (AvgIpc) is 3.05. The molecule has 0 spiro atoms. The van der Waals surface area contributed by atoms with Crippen LogP contribution in [0.15, 0.2) is 36.4 Å². The van der Waals surface area contributed by atoms with E-state index >= 15 is 0 Å². The van der Waals surface area contributed by atoms with Gasteiger partial charge in [0.2, 0.25) is 5.91 Å². The lowest BCUT2D eigenvalue weighted by Crippen LogP contribution is -2.35. The molecule has 1 heterocycles. The summed E-state index contributed by atoms with van der Waals surface area (Å²) < 4.78 is 46.6. The minimum atomic E-state index is -0.652. The standard InChI is InChI=1S/C23H23F3N2O2/c1-30-7-6-20(29)27-12-13-8-15(9-13)21-18-10-17(25)11-19(26)23(18)28-22(21)14-2-4-16(24)5-3-14/h2-5,10-11,13,15,28H,6-9,12H2,1H3,(H,27,29)/t13-,15+. The highest BCUT2D eigenvalue weighted by Gasteiger charge is 2.34. The van der Waals surface area contributed by atoms with Crippen molar-refractivity contribution in [3.05, 3.63) is 59.4 Å². The summed E-state index contributed by atoms with van der Waals surface area (Å²) in [6, 6.07) is 8.16. The molecule has 1 amide bonds. The molecule has 1 aliphatic carbocycles. The Balaban J connectivity index is 1.58. The number of amides is 1. The summed E-state index contributed by atoms with van der Waals surface area (Å²) in [6.45, 7) is 0.947. The minimum absolute atomic E-state index is 0.0523. The van der Waals surface area contributed by atoms with Gasteiger partial charge < -0.3 is 15.0 Å². The number of benzene rings is 2. The van der Waals surface area contributed by atoms with Crippen LogP contribution < -0.4 is 5.32 Å². The van der Waals surface area contributed by atoms with Crippen LogP contribution >= 0.6 is 0 Å². The van der Waals surface area contributed by atoms with E-state index in [9.17, 15) is 18.0 Å². The lowest BCUT2D eigenvalue weighted by atomic mass is 9.70. The van der Waals surface area contributed by atoms with Crippen molar-refractivity contribution < 1.29 is 22.7 Å². The molecule has 2 aromatic carbocycles. The van der Waals surface area contributed by atoms with Gasteiger partial charge in [-0.05, 0) is 66.1 Å². The summed E-state index contributed by atoms with van der Waals surface area (Å²) in [5.74, 6) is -1.30. The third-order valence-corrected chi connectivity index (χ3v) is 5.76. The molecule has 1 aliphatic rings. The molecule has 1 saturated carbocycles. The quantitative estimate of drug-likeness (QED) is 0.576. The van der Waals surface area contributed by atoms with Gasteiger partial charge in [-0.15, -0.1) is 0 Å². The zero-order chi connectivity index (χ0) is 21.3. The number of halogens is 3. The van der Waals surface area contributed by atoms with E-state index < -0.39 is 11.6 Å². The molecule has 0 aliphatic heterocycles. The first-order valence-corrected chi connectivity index (χ1v) is 9.98. The summed E-state index contributed by atoms with van der Waals surface area (Å²) in [7, 11) is 1.55. The number of H-pyrrole nitrogens is 1. The Labute approximate surface area is 172 Å². The maximum atomic E-state index is 14.4. The second-order valence-electron chi connectivity index (χ2n) is 7.81. The lowest BCUT2D eigenvalue weighted by Gasteiger charge is -2.36. The van der Waals surface area contributed by atoms with E-state index in [1.165, 1.54) is 18.2 Å². The number of aromatic nitrogens is 1. The van der Waals surface area contributed by atoms with Gasteiger partial charge in [-0.2, -0.15) is 0 Å². The first kappa shape index (κ1) is 20.5. The Morgan fingerprint density at radius 2 is 1.87 bits per heavy atom. The number of nitrogens with one attached hydrogen (secondary N) is 2. The van der Waals surface area contributed by atoms with Crippen LogP contribution in [0.3, 0.4) is 0 Å². The molecule has 1 aromatic heterocycles. The fourth-order valence-electron chi connectivity index (χ4n) is 4.19. The molecule has 2 N–H and O–H groups in total. The summed E-state index contributed by atoms with van der Waals surface area (Å²) >= 11 is 0. The topological polar surface area (TPSA) is 54.1 Å². The lowest BCUT2D eigenvalue weighted by molar-refractivity contribution is -0.122. The number of methoxy groups -OCH3 is 1. The number of carbonyl (C=O) groups excluding carboxylic acids is 1. The fraction of sp³-hybridized carbons (Fsp3) is 0.348. The molecule has 30 heavy (non-hydrogen) atoms. The predicted molar refractivity (Wildman–Crippen MR) is 109 cm³/mol. The van der Waals surface area contributed by atoms with Crippen molar-refractivity contribution in [3.8, 4) is 11.3 Å². The van der Waals surface area contributed by atoms with Crippen molar-refractivity contribution in [1.29, 1.82) is 0 Å². The van der Waals surface area contributed by atoms with Crippen LogP contribution in [0.5, 0.6) is 0 Å². The van der Waals surface area contributed by atoms with Crippen LogP contribution in [0.1, 0.15) is 30.7 Å². The van der Waals surface area contributed by atoms with Crippen molar-refractivity contribution >= 4 is 16.8 Å². The predicted octanol–water partition coefficient (Wildman–Crippen LogP) is 4.90. The van der Waals surface area contributed by atoms with Crippen molar-refractivity contribution in [3.63, 3.8) is 0 Å². The molecule has 0 unspecified atom stereocenters. The zero-order valence-corrected chi connectivity index (χ0v) is 16.6. The van der Waals surface area contributed by atoms with Gasteiger partial charge in [0.05, 0.1) is 17.8 Å². The number of rotatable bonds is 7. The van der Waals surface area contributed by atoms with Crippen molar-refractivity contribution in [2.24, 2.45) is 5.92 Å². The highest BCUT2D eigenvalue weighted by molar-refractivity contribution is 5.92. The molecule has 4 nitrogen and oxygen atoms in total. The van der Waals surface area contributed by atoms with Crippen LogP contribution in [0.25, 0.3) is 22.2 Å². The van der Waals surface area contributed by atoms with Gasteiger partial charge in [0, 0.05) is 31.5 Å². The van der Waals surface area contributed by atoms with E-state index in [-0.39, 0.29) is 23.2 Å². The number of ether oxygens (including phenoxy) is 1. The monoisotopic (exact) mass is 416 g/mol. The van der Waals surface area contributed by atoms with Crippen molar-refractivity contribution in [2.75, 3.05) is 20.3 Å². The number of carbonyl (C=O) groups is 1. The van der Waals surface area contributed by atoms with Gasteiger partial charge >= 0.3 is 0 Å². The van der Waals surface area contributed by atoms with E-state index in [1.807, 2.05) is 0 Å². The number of fused-ring (bicyclic) bond motifs is 1. The molecule has 0 bridgehead atoms. The van der Waals surface area contributed by atoms with Crippen LogP contribution in [0, 0.1) is 23.4 Å². The zero-order valence-electron chi connectivity index (χ0n) is 16.6. The van der Waals surface area contributed by atoms with Gasteiger partial charge in [-0.1, -0.05) is 0 Å². The normalized spacial score (nSPS) is 18.4. The summed E-state index contributed by atoms with van der Waals surface area (Å²) in [5, 5.41) is 3.42. The Hall–Kier alpha value is -2.80. The SMILES string of the molecule is COCCC(=O)NC[C@H]1C[C@@H](c2c(-c3ccc(F)cc3)[nH]c3c(F)cc(F)cc32)C1. The smallest absolute Gasteiger partial charge is 0.222 e. The molecule has 4 rings (SSSR count). The Kier molecular flexibility index (Phi) is 5.81. The third-order valence-electron chi connectivity index (χ3n) is 5.76. The van der Waals surface area contributed by atoms with E-state index in [0.29, 0.717) is 36.6 Å². The number of hydrogen-bond acceptors (Lipinski definition) is 2. The summed E-state index contributed by atoms with van der Waals surface area (Å²) in [4.78, 5) is 14.8. The summed E-state index contributed by atoms with van der Waals surface area (Å²) in [6.07, 6.45) is 1.91. The van der Waals surface area contributed by atoms with E-state index in [2.05, 4.69) is 10.3 Å².